The molecular weight excluding hydrogens is 228 g/mol. The van der Waals surface area contributed by atoms with Crippen LogP contribution >= 0.6 is 0 Å². The third-order valence-electron chi connectivity index (χ3n) is 4.38. The van der Waals surface area contributed by atoms with Crippen molar-refractivity contribution < 1.29 is 9.53 Å². The molecule has 18 heavy (non-hydrogen) atoms. The van der Waals surface area contributed by atoms with Crippen LogP contribution in [-0.2, 0) is 9.53 Å². The highest BCUT2D eigenvalue weighted by molar-refractivity contribution is 5.78. The highest BCUT2D eigenvalue weighted by Gasteiger charge is 2.33. The highest BCUT2D eigenvalue weighted by atomic mass is 16.5. The number of hydrogen-bond donors (Lipinski definition) is 0. The number of nitrogens with zero attached hydrogens (tertiary/aromatic N) is 2. The van der Waals surface area contributed by atoms with E-state index in [0.29, 0.717) is 24.4 Å². The van der Waals surface area contributed by atoms with Gasteiger partial charge in [-0.3, -0.25) is 9.69 Å². The molecular formula is C14H24N2O2. The number of amides is 1. The van der Waals surface area contributed by atoms with Crippen LogP contribution in [0.25, 0.3) is 0 Å². The second-order valence-electron chi connectivity index (χ2n) is 5.98. The summed E-state index contributed by atoms with van der Waals surface area (Å²) < 4.78 is 5.44. The lowest BCUT2D eigenvalue weighted by atomic mass is 10.1. The number of hydrogen-bond acceptors (Lipinski definition) is 3. The van der Waals surface area contributed by atoms with Crippen molar-refractivity contribution in [1.82, 2.24) is 9.80 Å². The van der Waals surface area contributed by atoms with Crippen LogP contribution in [0.15, 0.2) is 0 Å². The van der Waals surface area contributed by atoms with Crippen LogP contribution in [0.2, 0.25) is 0 Å². The lowest BCUT2D eigenvalue weighted by molar-refractivity contribution is -0.131. The fraction of sp³-hybridized carbons (Fsp3) is 0.929. The summed E-state index contributed by atoms with van der Waals surface area (Å²) in [5, 5.41) is 0. The van der Waals surface area contributed by atoms with Gasteiger partial charge in [-0.1, -0.05) is 0 Å². The molecule has 2 aliphatic heterocycles. The van der Waals surface area contributed by atoms with Gasteiger partial charge in [0.15, 0.2) is 0 Å². The van der Waals surface area contributed by atoms with Crippen LogP contribution in [-0.4, -0.2) is 61.1 Å². The average Bonchev–Trinajstić information content (AvgIpc) is 2.88. The van der Waals surface area contributed by atoms with Gasteiger partial charge in [-0.2, -0.15) is 0 Å². The number of carbonyl (C=O) groups excluding carboxylic acids is 1. The Hall–Kier alpha value is -0.610. The molecule has 4 heteroatoms. The van der Waals surface area contributed by atoms with E-state index in [0.717, 1.165) is 32.8 Å². The van der Waals surface area contributed by atoms with E-state index >= 15 is 0 Å². The van der Waals surface area contributed by atoms with E-state index in [-0.39, 0.29) is 0 Å². The number of likely N-dealkylation sites (tertiary alicyclic amines) is 1. The van der Waals surface area contributed by atoms with Crippen LogP contribution in [0.5, 0.6) is 0 Å². The van der Waals surface area contributed by atoms with Gasteiger partial charge in [0, 0.05) is 32.3 Å². The Balaban J connectivity index is 1.51. The third-order valence-corrected chi connectivity index (χ3v) is 4.38. The topological polar surface area (TPSA) is 32.8 Å². The summed E-state index contributed by atoms with van der Waals surface area (Å²) in [5.41, 5.74) is 0. The van der Waals surface area contributed by atoms with Crippen molar-refractivity contribution in [1.29, 1.82) is 0 Å². The Morgan fingerprint density at radius 2 is 2.00 bits per heavy atom. The molecule has 2 heterocycles. The van der Waals surface area contributed by atoms with Gasteiger partial charge in [-0.15, -0.1) is 0 Å². The first-order valence-corrected chi connectivity index (χ1v) is 7.42. The zero-order valence-corrected chi connectivity index (χ0v) is 11.1. The lowest BCUT2D eigenvalue weighted by Gasteiger charge is -2.26. The molecule has 0 spiro atoms. The van der Waals surface area contributed by atoms with Crippen molar-refractivity contribution in [3.63, 3.8) is 0 Å². The van der Waals surface area contributed by atoms with Gasteiger partial charge >= 0.3 is 0 Å². The molecule has 0 aromatic rings. The molecule has 0 N–H and O–H groups in total. The fourth-order valence-electron chi connectivity index (χ4n) is 3.08. The van der Waals surface area contributed by atoms with E-state index in [4.69, 9.17) is 4.74 Å². The van der Waals surface area contributed by atoms with E-state index in [9.17, 15) is 4.79 Å². The summed E-state index contributed by atoms with van der Waals surface area (Å²) in [5.74, 6) is 0.996. The van der Waals surface area contributed by atoms with E-state index < -0.39 is 0 Å². The Labute approximate surface area is 109 Å². The quantitative estimate of drug-likeness (QED) is 0.735. The predicted octanol–water partition coefficient (Wildman–Crippen LogP) is 1.11. The molecule has 1 aliphatic carbocycles. The van der Waals surface area contributed by atoms with Crippen molar-refractivity contribution in [3.05, 3.63) is 0 Å². The Morgan fingerprint density at radius 1 is 1.22 bits per heavy atom. The molecule has 3 rings (SSSR count). The SMILES string of the molecule is O=C(CN(C[C@H]1CCOC1)C1CC1)N1CCCC1. The maximum absolute atomic E-state index is 12.2. The van der Waals surface area contributed by atoms with Crippen molar-refractivity contribution in [2.75, 3.05) is 39.4 Å². The minimum atomic E-state index is 0.346. The molecule has 3 aliphatic rings. The van der Waals surface area contributed by atoms with E-state index in [1.807, 2.05) is 4.90 Å². The molecule has 0 aromatic carbocycles. The first kappa shape index (κ1) is 12.4. The van der Waals surface area contributed by atoms with Crippen molar-refractivity contribution in [2.24, 2.45) is 5.92 Å². The molecule has 2 saturated heterocycles. The first-order valence-electron chi connectivity index (χ1n) is 7.42. The molecule has 1 atom stereocenters. The van der Waals surface area contributed by atoms with Crippen LogP contribution < -0.4 is 0 Å². The fourth-order valence-corrected chi connectivity index (χ4v) is 3.08. The van der Waals surface area contributed by atoms with Gasteiger partial charge in [-0.05, 0) is 38.0 Å². The van der Waals surface area contributed by atoms with Crippen LogP contribution in [0.1, 0.15) is 32.1 Å². The van der Waals surface area contributed by atoms with Gasteiger partial charge < -0.3 is 9.64 Å². The van der Waals surface area contributed by atoms with Crippen molar-refractivity contribution in [3.8, 4) is 0 Å². The molecule has 1 saturated carbocycles. The number of ether oxygens (including phenoxy) is 1. The lowest BCUT2D eigenvalue weighted by Crippen LogP contribution is -2.42. The van der Waals surface area contributed by atoms with Gasteiger partial charge in [-0.25, -0.2) is 0 Å². The second-order valence-corrected chi connectivity index (χ2v) is 5.98. The minimum Gasteiger partial charge on any atom is -0.381 e. The second kappa shape index (κ2) is 5.57. The molecule has 0 radical (unpaired) electrons. The van der Waals surface area contributed by atoms with Crippen LogP contribution in [0.4, 0.5) is 0 Å². The smallest absolute Gasteiger partial charge is 0.236 e. The molecule has 0 bridgehead atoms. The van der Waals surface area contributed by atoms with Crippen LogP contribution in [0.3, 0.4) is 0 Å². The summed E-state index contributed by atoms with van der Waals surface area (Å²) in [6.45, 7) is 5.45. The van der Waals surface area contributed by atoms with Gasteiger partial charge in [0.05, 0.1) is 13.2 Å². The molecule has 0 unspecified atom stereocenters. The molecule has 1 amide bonds. The van der Waals surface area contributed by atoms with Gasteiger partial charge in [0.25, 0.3) is 0 Å². The van der Waals surface area contributed by atoms with Crippen molar-refractivity contribution in [2.45, 2.75) is 38.1 Å². The summed E-state index contributed by atoms with van der Waals surface area (Å²) in [4.78, 5) is 16.7. The summed E-state index contributed by atoms with van der Waals surface area (Å²) in [7, 11) is 0. The summed E-state index contributed by atoms with van der Waals surface area (Å²) in [6.07, 6.45) is 6.10. The van der Waals surface area contributed by atoms with Crippen molar-refractivity contribution >= 4 is 5.91 Å². The number of rotatable bonds is 5. The summed E-state index contributed by atoms with van der Waals surface area (Å²) >= 11 is 0. The van der Waals surface area contributed by atoms with Gasteiger partial charge in [0.2, 0.25) is 5.91 Å². The molecule has 3 fully saturated rings. The Morgan fingerprint density at radius 3 is 2.61 bits per heavy atom. The highest BCUT2D eigenvalue weighted by Crippen LogP contribution is 2.29. The zero-order valence-electron chi connectivity index (χ0n) is 11.1. The average molecular weight is 252 g/mol. The normalized spacial score (nSPS) is 28.3. The summed E-state index contributed by atoms with van der Waals surface area (Å²) in [6, 6.07) is 0.678. The Bertz CT molecular complexity index is 292. The first-order chi connectivity index (χ1) is 8.83. The maximum Gasteiger partial charge on any atom is 0.236 e. The largest absolute Gasteiger partial charge is 0.381 e. The third kappa shape index (κ3) is 3.04. The molecule has 4 nitrogen and oxygen atoms in total. The van der Waals surface area contributed by atoms with E-state index in [1.54, 1.807) is 0 Å². The maximum atomic E-state index is 12.2. The molecule has 102 valence electrons. The zero-order chi connectivity index (χ0) is 12.4. The van der Waals surface area contributed by atoms with E-state index in [1.165, 1.54) is 32.1 Å². The Kier molecular flexibility index (Phi) is 3.85. The van der Waals surface area contributed by atoms with Gasteiger partial charge in [0.1, 0.15) is 0 Å². The molecule has 0 aromatic heterocycles. The minimum absolute atomic E-state index is 0.346. The monoisotopic (exact) mass is 252 g/mol. The predicted molar refractivity (Wildman–Crippen MR) is 69.3 cm³/mol. The number of carbonyl (C=O) groups is 1. The van der Waals surface area contributed by atoms with Crippen LogP contribution in [0, 0.1) is 5.92 Å². The van der Waals surface area contributed by atoms with E-state index in [2.05, 4.69) is 4.90 Å². The standard InChI is InChI=1S/C14H24N2O2/c17-14(15-6-1-2-7-15)10-16(13-3-4-13)9-12-5-8-18-11-12/h12-13H,1-11H2/t12-/m1/s1.